The number of benzene rings is 1. The number of ketones is 1. The Bertz CT molecular complexity index is 1040. The molecule has 1 aromatic carbocycles. The number of fused-ring (bicyclic) bond motifs is 1. The van der Waals surface area contributed by atoms with Crippen LogP contribution >= 0.6 is 0 Å². The fourth-order valence-electron chi connectivity index (χ4n) is 4.12. The number of hydrogen-bond acceptors (Lipinski definition) is 6. The second-order valence-electron chi connectivity index (χ2n) is 7.94. The first-order chi connectivity index (χ1) is 13.4. The largest absolute Gasteiger partial charge is 0.493 e. The van der Waals surface area contributed by atoms with Gasteiger partial charge in [0, 0.05) is 17.7 Å². The normalized spacial score (nSPS) is 20.0. The van der Waals surface area contributed by atoms with Gasteiger partial charge in [-0.15, -0.1) is 0 Å². The van der Waals surface area contributed by atoms with Gasteiger partial charge in [0.15, 0.2) is 17.3 Å². The van der Waals surface area contributed by atoms with E-state index in [9.17, 15) is 10.1 Å². The molecule has 0 saturated carbocycles. The third kappa shape index (κ3) is 2.73. The number of carbonyl (C=O) groups is 1. The van der Waals surface area contributed by atoms with Crippen LogP contribution in [0.25, 0.3) is 0 Å². The summed E-state index contributed by atoms with van der Waals surface area (Å²) in [4.78, 5) is 13.1. The Balaban J connectivity index is 1.93. The first kappa shape index (κ1) is 18.1. The number of carbonyl (C=O) groups excluding carboxylic acids is 1. The molecule has 0 unspecified atom stereocenters. The van der Waals surface area contributed by atoms with Gasteiger partial charge in [-0.25, -0.2) is 4.68 Å². The Labute approximate surface area is 163 Å². The summed E-state index contributed by atoms with van der Waals surface area (Å²) in [5.41, 5.74) is 2.73. The molecule has 7 heteroatoms. The maximum absolute atomic E-state index is 13.1. The van der Waals surface area contributed by atoms with E-state index in [4.69, 9.17) is 9.47 Å². The molecule has 2 heterocycles. The predicted octanol–water partition coefficient (Wildman–Crippen LogP) is 3.43. The smallest absolute Gasteiger partial charge is 0.163 e. The van der Waals surface area contributed by atoms with Crippen LogP contribution in [0.15, 0.2) is 35.7 Å². The number of nitriles is 1. The van der Waals surface area contributed by atoms with Crippen molar-refractivity contribution in [1.29, 1.82) is 5.26 Å². The van der Waals surface area contributed by atoms with Crippen molar-refractivity contribution in [1.82, 2.24) is 9.78 Å². The third-order valence-electron chi connectivity index (χ3n) is 5.35. The number of methoxy groups -OCH3 is 2. The molecular formula is C21H22N4O3. The van der Waals surface area contributed by atoms with E-state index in [1.807, 2.05) is 18.2 Å². The molecule has 2 aromatic rings. The molecule has 4 rings (SSSR count). The summed E-state index contributed by atoms with van der Waals surface area (Å²) in [6, 6.07) is 7.35. The zero-order valence-corrected chi connectivity index (χ0v) is 16.4. The molecule has 0 fully saturated rings. The van der Waals surface area contributed by atoms with Gasteiger partial charge in [0.2, 0.25) is 0 Å². The van der Waals surface area contributed by atoms with Crippen molar-refractivity contribution >= 4 is 11.6 Å². The Kier molecular flexibility index (Phi) is 4.15. The number of nitrogens with one attached hydrogen (secondary N) is 1. The zero-order valence-electron chi connectivity index (χ0n) is 16.4. The number of allylic oxidation sites excluding steroid dienone is 2. The molecule has 2 aliphatic rings. The molecule has 0 radical (unpaired) electrons. The van der Waals surface area contributed by atoms with Crippen LogP contribution in [-0.4, -0.2) is 29.8 Å². The van der Waals surface area contributed by atoms with Crippen LogP contribution < -0.4 is 14.8 Å². The lowest BCUT2D eigenvalue weighted by atomic mass is 9.73. The second-order valence-corrected chi connectivity index (χ2v) is 7.94. The van der Waals surface area contributed by atoms with Gasteiger partial charge < -0.3 is 14.8 Å². The number of nitrogens with zero attached hydrogens (tertiary/aromatic N) is 3. The van der Waals surface area contributed by atoms with Crippen molar-refractivity contribution in [3.05, 3.63) is 46.8 Å². The Morgan fingerprint density at radius 2 is 2.00 bits per heavy atom. The molecule has 1 N–H and O–H groups in total. The van der Waals surface area contributed by atoms with Gasteiger partial charge in [0.1, 0.15) is 23.5 Å². The average molecular weight is 378 g/mol. The molecule has 28 heavy (non-hydrogen) atoms. The van der Waals surface area contributed by atoms with Crippen LogP contribution in [0, 0.1) is 16.7 Å². The van der Waals surface area contributed by atoms with Gasteiger partial charge >= 0.3 is 0 Å². The van der Waals surface area contributed by atoms with Gasteiger partial charge in [-0.05, 0) is 29.5 Å². The second kappa shape index (κ2) is 6.41. The summed E-state index contributed by atoms with van der Waals surface area (Å²) in [7, 11) is 3.16. The quantitative estimate of drug-likeness (QED) is 0.880. The average Bonchev–Trinajstić information content (AvgIpc) is 3.07. The van der Waals surface area contributed by atoms with E-state index in [-0.39, 0.29) is 11.2 Å². The summed E-state index contributed by atoms with van der Waals surface area (Å²) in [6.07, 6.45) is 2.73. The molecule has 0 bridgehead atoms. The van der Waals surface area contributed by atoms with Crippen molar-refractivity contribution in [3.63, 3.8) is 0 Å². The minimum absolute atomic E-state index is 0.0955. The van der Waals surface area contributed by atoms with Gasteiger partial charge in [-0.2, -0.15) is 10.4 Å². The molecule has 1 aliphatic heterocycles. The van der Waals surface area contributed by atoms with Crippen LogP contribution in [0.1, 0.15) is 43.9 Å². The number of ether oxygens (including phenoxy) is 2. The minimum atomic E-state index is -0.420. The van der Waals surface area contributed by atoms with E-state index in [0.717, 1.165) is 17.7 Å². The number of aromatic nitrogens is 2. The molecule has 1 atom stereocenters. The third-order valence-corrected chi connectivity index (χ3v) is 5.35. The van der Waals surface area contributed by atoms with E-state index >= 15 is 0 Å². The monoisotopic (exact) mass is 378 g/mol. The van der Waals surface area contributed by atoms with Crippen LogP contribution in [-0.2, 0) is 4.79 Å². The van der Waals surface area contributed by atoms with E-state index in [0.29, 0.717) is 34.9 Å². The van der Waals surface area contributed by atoms with Crippen LogP contribution in [0.4, 0.5) is 5.82 Å². The van der Waals surface area contributed by atoms with Gasteiger partial charge in [-0.1, -0.05) is 19.9 Å². The molecule has 0 saturated heterocycles. The van der Waals surface area contributed by atoms with Crippen LogP contribution in [0.3, 0.4) is 0 Å². The van der Waals surface area contributed by atoms with Crippen LogP contribution in [0.2, 0.25) is 0 Å². The molecule has 0 spiro atoms. The summed E-state index contributed by atoms with van der Waals surface area (Å²) < 4.78 is 12.5. The Morgan fingerprint density at radius 1 is 1.25 bits per heavy atom. The number of hydrogen-bond donors (Lipinski definition) is 1. The number of anilines is 1. The van der Waals surface area contributed by atoms with Gasteiger partial charge in [0.25, 0.3) is 0 Å². The lowest BCUT2D eigenvalue weighted by Crippen LogP contribution is -2.36. The summed E-state index contributed by atoms with van der Waals surface area (Å²) >= 11 is 0. The van der Waals surface area contributed by atoms with Crippen molar-refractivity contribution in [3.8, 4) is 17.6 Å². The SMILES string of the molecule is COc1ccc([C@@H]2C3=C(CC(C)(C)CC3=O)Nc3c(C#N)cnn32)cc1OC. The van der Waals surface area contributed by atoms with E-state index in [1.54, 1.807) is 18.9 Å². The summed E-state index contributed by atoms with van der Waals surface area (Å²) in [6.45, 7) is 4.16. The van der Waals surface area contributed by atoms with Gasteiger partial charge in [0.05, 0.1) is 20.4 Å². The van der Waals surface area contributed by atoms with Crippen molar-refractivity contribution < 1.29 is 14.3 Å². The fraction of sp³-hybridized carbons (Fsp3) is 0.381. The minimum Gasteiger partial charge on any atom is -0.493 e. The Hall–Kier alpha value is -3.27. The summed E-state index contributed by atoms with van der Waals surface area (Å²) in [5, 5.41) is 17.2. The van der Waals surface area contributed by atoms with Crippen molar-refractivity contribution in [2.75, 3.05) is 19.5 Å². The predicted molar refractivity (Wildman–Crippen MR) is 103 cm³/mol. The fourth-order valence-corrected chi connectivity index (χ4v) is 4.12. The van der Waals surface area contributed by atoms with Gasteiger partial charge in [-0.3, -0.25) is 4.79 Å². The lowest BCUT2D eigenvalue weighted by molar-refractivity contribution is -0.118. The first-order valence-electron chi connectivity index (χ1n) is 9.11. The van der Waals surface area contributed by atoms with E-state index in [1.165, 1.54) is 6.20 Å². The first-order valence-corrected chi connectivity index (χ1v) is 9.11. The molecule has 7 nitrogen and oxygen atoms in total. The number of Topliss-reactive ketones (excluding diaryl/α,β-unsaturated/α-hetero) is 1. The van der Waals surface area contributed by atoms with Crippen molar-refractivity contribution in [2.45, 2.75) is 32.7 Å². The number of rotatable bonds is 3. The molecule has 1 aliphatic carbocycles. The van der Waals surface area contributed by atoms with E-state index < -0.39 is 6.04 Å². The molecule has 144 valence electrons. The molecular weight excluding hydrogens is 356 g/mol. The highest BCUT2D eigenvalue weighted by atomic mass is 16.5. The maximum Gasteiger partial charge on any atom is 0.163 e. The van der Waals surface area contributed by atoms with Crippen molar-refractivity contribution in [2.24, 2.45) is 5.41 Å². The maximum atomic E-state index is 13.1. The lowest BCUT2D eigenvalue weighted by Gasteiger charge is -2.39. The molecule has 0 amide bonds. The topological polar surface area (TPSA) is 89.2 Å². The van der Waals surface area contributed by atoms with Crippen LogP contribution in [0.5, 0.6) is 11.5 Å². The highest BCUT2D eigenvalue weighted by molar-refractivity contribution is 6.00. The molecule has 1 aromatic heterocycles. The summed E-state index contributed by atoms with van der Waals surface area (Å²) in [5.74, 6) is 1.91. The Morgan fingerprint density at radius 3 is 2.68 bits per heavy atom. The standard InChI is InChI=1S/C21H22N4O3/c1-21(2)8-14-18(15(26)9-21)19(25-20(24-14)13(10-22)11-23-25)12-5-6-16(27-3)17(7-12)28-4/h5-7,11,19,24H,8-9H2,1-4H3/t19-/m1/s1. The van der Waals surface area contributed by atoms with E-state index in [2.05, 4.69) is 30.3 Å². The zero-order chi connectivity index (χ0) is 20.1. The highest BCUT2D eigenvalue weighted by Crippen LogP contribution is 2.47. The highest BCUT2D eigenvalue weighted by Gasteiger charge is 2.41.